The van der Waals surface area contributed by atoms with Crippen molar-refractivity contribution in [2.75, 3.05) is 20.1 Å². The number of aliphatic hydroxyl groups is 1. The van der Waals surface area contributed by atoms with Crippen LogP contribution in [0, 0.1) is 0 Å². The van der Waals surface area contributed by atoms with Crippen LogP contribution in [0.15, 0.2) is 0 Å². The van der Waals surface area contributed by atoms with Gasteiger partial charge in [0.05, 0.1) is 12.1 Å². The minimum absolute atomic E-state index is 0.0150. The van der Waals surface area contributed by atoms with Gasteiger partial charge in [0, 0.05) is 12.6 Å². The minimum Gasteiger partial charge on any atom is -0.444 e. The maximum absolute atomic E-state index is 11.9. The number of β-amino-alcohol motifs (C(OH)–C–C–N with tert-alkyl or cyclic N) is 1. The summed E-state index contributed by atoms with van der Waals surface area (Å²) in [5.74, 6) is 0. The molecule has 1 amide bonds. The van der Waals surface area contributed by atoms with E-state index in [9.17, 15) is 9.90 Å². The van der Waals surface area contributed by atoms with Crippen molar-refractivity contribution in [2.24, 2.45) is 0 Å². The summed E-state index contributed by atoms with van der Waals surface area (Å²) >= 11 is 0. The number of carbonyl (C=O) groups is 1. The Morgan fingerprint density at radius 1 is 1.53 bits per heavy atom. The van der Waals surface area contributed by atoms with Gasteiger partial charge in [-0.15, -0.1) is 0 Å². The van der Waals surface area contributed by atoms with Gasteiger partial charge in [0.1, 0.15) is 5.60 Å². The zero-order chi connectivity index (χ0) is 13.3. The van der Waals surface area contributed by atoms with E-state index in [4.69, 9.17) is 4.74 Å². The van der Waals surface area contributed by atoms with Crippen LogP contribution in [0.4, 0.5) is 4.79 Å². The molecule has 0 bridgehead atoms. The maximum atomic E-state index is 11.9. The Labute approximate surface area is 103 Å². The summed E-state index contributed by atoms with van der Waals surface area (Å²) in [6.07, 6.45) is 0.371. The summed E-state index contributed by atoms with van der Waals surface area (Å²) in [7, 11) is 1.82. The lowest BCUT2D eigenvalue weighted by molar-refractivity contribution is -0.0504. The number of hydrogen-bond donors (Lipinski definition) is 2. The number of rotatable bonds is 1. The van der Waals surface area contributed by atoms with E-state index in [1.165, 1.54) is 0 Å². The van der Waals surface area contributed by atoms with E-state index < -0.39 is 11.2 Å². The van der Waals surface area contributed by atoms with E-state index in [0.717, 1.165) is 6.42 Å². The quantitative estimate of drug-likeness (QED) is 0.721. The molecule has 0 aliphatic carbocycles. The number of amides is 1. The highest BCUT2D eigenvalue weighted by molar-refractivity contribution is 5.68. The normalized spacial score (nSPS) is 30.2. The molecule has 1 fully saturated rings. The van der Waals surface area contributed by atoms with Crippen LogP contribution in [0.2, 0.25) is 0 Å². The Morgan fingerprint density at radius 3 is 2.53 bits per heavy atom. The molecule has 1 heterocycles. The molecule has 0 aromatic rings. The number of likely N-dealkylation sites (N-methyl/N-ethyl adjacent to an activating group) is 1. The molecule has 0 aromatic carbocycles. The van der Waals surface area contributed by atoms with Crippen molar-refractivity contribution in [2.45, 2.75) is 51.4 Å². The molecule has 17 heavy (non-hydrogen) atoms. The Morgan fingerprint density at radius 2 is 2.12 bits per heavy atom. The number of likely N-dealkylation sites (tertiary alicyclic amines) is 1. The van der Waals surface area contributed by atoms with Crippen molar-refractivity contribution in [3.63, 3.8) is 0 Å². The highest BCUT2D eigenvalue weighted by Crippen LogP contribution is 2.22. The molecule has 0 aromatic heterocycles. The lowest BCUT2D eigenvalue weighted by Crippen LogP contribution is -2.60. The summed E-state index contributed by atoms with van der Waals surface area (Å²) in [6.45, 7) is 8.16. The lowest BCUT2D eigenvalue weighted by Gasteiger charge is -2.42. The van der Waals surface area contributed by atoms with Gasteiger partial charge >= 0.3 is 6.09 Å². The van der Waals surface area contributed by atoms with E-state index >= 15 is 0 Å². The number of nitrogens with one attached hydrogen (secondary N) is 1. The Bertz CT molecular complexity index is 284. The van der Waals surface area contributed by atoms with E-state index in [2.05, 4.69) is 5.32 Å². The Hall–Kier alpha value is -0.810. The maximum Gasteiger partial charge on any atom is 0.410 e. The average molecular weight is 244 g/mol. The summed E-state index contributed by atoms with van der Waals surface area (Å²) in [5.41, 5.74) is -1.41. The topological polar surface area (TPSA) is 61.8 Å². The van der Waals surface area contributed by atoms with Gasteiger partial charge in [0.15, 0.2) is 0 Å². The standard InChI is InChI=1S/C12H24N2O3/c1-11(2,3)17-10(15)14-7-6-9(13-5)12(4,16)8-14/h9,13,16H,6-8H2,1-5H3/t9?,12-/m1/s1. The molecule has 1 saturated heterocycles. The third-order valence-corrected chi connectivity index (χ3v) is 2.95. The van der Waals surface area contributed by atoms with Crippen LogP contribution in [0.5, 0.6) is 0 Å². The zero-order valence-corrected chi connectivity index (χ0v) is 11.4. The van der Waals surface area contributed by atoms with Crippen LogP contribution in [0.25, 0.3) is 0 Å². The van der Waals surface area contributed by atoms with E-state index in [0.29, 0.717) is 13.1 Å². The molecule has 5 heteroatoms. The minimum atomic E-state index is -0.913. The van der Waals surface area contributed by atoms with E-state index in [1.807, 2.05) is 27.8 Å². The molecule has 0 spiro atoms. The van der Waals surface area contributed by atoms with E-state index in [1.54, 1.807) is 11.8 Å². The molecule has 1 aliphatic heterocycles. The zero-order valence-electron chi connectivity index (χ0n) is 11.4. The van der Waals surface area contributed by atoms with Gasteiger partial charge in [-0.25, -0.2) is 4.79 Å². The molecule has 0 radical (unpaired) electrons. The van der Waals surface area contributed by atoms with Crippen molar-refractivity contribution in [3.8, 4) is 0 Å². The first kappa shape index (κ1) is 14.3. The van der Waals surface area contributed by atoms with Gasteiger partial charge in [0.2, 0.25) is 0 Å². The monoisotopic (exact) mass is 244 g/mol. The molecule has 2 N–H and O–H groups in total. The molecule has 1 unspecified atom stereocenters. The van der Waals surface area contributed by atoms with Crippen molar-refractivity contribution in [3.05, 3.63) is 0 Å². The molecule has 0 saturated carbocycles. The molecule has 5 nitrogen and oxygen atoms in total. The van der Waals surface area contributed by atoms with Crippen molar-refractivity contribution < 1.29 is 14.6 Å². The van der Waals surface area contributed by atoms with Crippen LogP contribution < -0.4 is 5.32 Å². The number of piperidine rings is 1. The number of carbonyl (C=O) groups excluding carboxylic acids is 1. The molecular formula is C12H24N2O3. The Balaban J connectivity index is 2.62. The average Bonchev–Trinajstić information content (AvgIpc) is 2.13. The predicted octanol–water partition coefficient (Wildman–Crippen LogP) is 0.966. The van der Waals surface area contributed by atoms with Crippen molar-refractivity contribution >= 4 is 6.09 Å². The SMILES string of the molecule is CNC1CCN(C(=O)OC(C)(C)C)C[C@@]1(C)O. The molecule has 1 rings (SSSR count). The molecule has 1 aliphatic rings. The number of hydrogen-bond acceptors (Lipinski definition) is 4. The largest absolute Gasteiger partial charge is 0.444 e. The van der Waals surface area contributed by atoms with E-state index in [-0.39, 0.29) is 12.1 Å². The second kappa shape index (κ2) is 4.82. The van der Waals surface area contributed by atoms with Crippen LogP contribution in [0.1, 0.15) is 34.1 Å². The van der Waals surface area contributed by atoms with Gasteiger partial charge in [-0.3, -0.25) is 0 Å². The summed E-state index contributed by atoms with van der Waals surface area (Å²) in [6, 6.07) is 0.0150. The second-order valence-corrected chi connectivity index (χ2v) is 5.89. The third kappa shape index (κ3) is 3.85. The van der Waals surface area contributed by atoms with Crippen LogP contribution in [-0.2, 0) is 4.74 Å². The number of nitrogens with zero attached hydrogens (tertiary/aromatic N) is 1. The first-order valence-electron chi connectivity index (χ1n) is 6.03. The van der Waals surface area contributed by atoms with Gasteiger partial charge in [-0.2, -0.15) is 0 Å². The van der Waals surface area contributed by atoms with Crippen molar-refractivity contribution in [1.29, 1.82) is 0 Å². The van der Waals surface area contributed by atoms with Crippen LogP contribution in [-0.4, -0.2) is 53.5 Å². The van der Waals surface area contributed by atoms with Gasteiger partial charge < -0.3 is 20.1 Å². The van der Waals surface area contributed by atoms with Crippen LogP contribution >= 0.6 is 0 Å². The summed E-state index contributed by atoms with van der Waals surface area (Å²) < 4.78 is 5.29. The first-order valence-corrected chi connectivity index (χ1v) is 6.03. The van der Waals surface area contributed by atoms with Crippen molar-refractivity contribution in [1.82, 2.24) is 10.2 Å². The van der Waals surface area contributed by atoms with Crippen LogP contribution in [0.3, 0.4) is 0 Å². The first-order chi connectivity index (χ1) is 7.65. The van der Waals surface area contributed by atoms with Gasteiger partial charge in [-0.05, 0) is 41.2 Å². The third-order valence-electron chi connectivity index (χ3n) is 2.95. The highest BCUT2D eigenvalue weighted by Gasteiger charge is 2.39. The fourth-order valence-electron chi connectivity index (χ4n) is 2.11. The lowest BCUT2D eigenvalue weighted by atomic mass is 9.89. The summed E-state index contributed by atoms with van der Waals surface area (Å²) in [4.78, 5) is 13.4. The van der Waals surface area contributed by atoms with Gasteiger partial charge in [-0.1, -0.05) is 0 Å². The predicted molar refractivity (Wildman–Crippen MR) is 65.9 cm³/mol. The second-order valence-electron chi connectivity index (χ2n) is 5.89. The molecular weight excluding hydrogens is 220 g/mol. The summed E-state index contributed by atoms with van der Waals surface area (Å²) in [5, 5.41) is 13.3. The Kier molecular flexibility index (Phi) is 4.04. The smallest absolute Gasteiger partial charge is 0.410 e. The van der Waals surface area contributed by atoms with Gasteiger partial charge in [0.25, 0.3) is 0 Å². The fourth-order valence-corrected chi connectivity index (χ4v) is 2.11. The molecule has 100 valence electrons. The molecule has 2 atom stereocenters. The highest BCUT2D eigenvalue weighted by atomic mass is 16.6. The fraction of sp³-hybridized carbons (Fsp3) is 0.917. The number of ether oxygens (including phenoxy) is 1.